The molecule has 5 heteroatoms. The number of nitrogens with zero attached hydrogens (tertiary/aromatic N) is 1. The van der Waals surface area contributed by atoms with Gasteiger partial charge in [-0.3, -0.25) is 4.79 Å². The van der Waals surface area contributed by atoms with Crippen molar-refractivity contribution < 1.29 is 19.8 Å². The largest absolute Gasteiger partial charge is 0.508 e. The third-order valence-electron chi connectivity index (χ3n) is 4.01. The van der Waals surface area contributed by atoms with Crippen molar-refractivity contribution in [1.82, 2.24) is 4.90 Å². The van der Waals surface area contributed by atoms with Crippen LogP contribution in [-0.4, -0.2) is 40.1 Å². The molecule has 1 aromatic rings. The molecule has 1 atom stereocenters. The van der Waals surface area contributed by atoms with Gasteiger partial charge in [-0.1, -0.05) is 44.7 Å². The highest BCUT2D eigenvalue weighted by Gasteiger charge is 2.26. The monoisotopic (exact) mass is 321 g/mol. The zero-order valence-corrected chi connectivity index (χ0v) is 14.0. The van der Waals surface area contributed by atoms with Crippen molar-refractivity contribution >= 4 is 11.9 Å². The Morgan fingerprint density at radius 3 is 2.26 bits per heavy atom. The van der Waals surface area contributed by atoms with Crippen molar-refractivity contribution in [3.8, 4) is 5.75 Å². The average molecular weight is 321 g/mol. The fourth-order valence-electron chi connectivity index (χ4n) is 2.48. The van der Waals surface area contributed by atoms with Gasteiger partial charge in [0.25, 0.3) is 0 Å². The first-order valence-electron chi connectivity index (χ1n) is 8.22. The number of amides is 1. The van der Waals surface area contributed by atoms with Crippen LogP contribution < -0.4 is 0 Å². The summed E-state index contributed by atoms with van der Waals surface area (Å²) in [6, 6.07) is 5.50. The predicted octanol–water partition coefficient (Wildman–Crippen LogP) is 3.21. The molecule has 23 heavy (non-hydrogen) atoms. The maximum Gasteiger partial charge on any atom is 0.326 e. The maximum absolute atomic E-state index is 12.2. The van der Waals surface area contributed by atoms with E-state index in [0.29, 0.717) is 6.42 Å². The van der Waals surface area contributed by atoms with Crippen molar-refractivity contribution in [2.45, 2.75) is 57.9 Å². The Balaban J connectivity index is 2.56. The summed E-state index contributed by atoms with van der Waals surface area (Å²) in [6.45, 7) is 2.14. The minimum Gasteiger partial charge on any atom is -0.508 e. The molecule has 128 valence electrons. The van der Waals surface area contributed by atoms with E-state index in [9.17, 15) is 19.8 Å². The van der Waals surface area contributed by atoms with E-state index in [1.54, 1.807) is 19.2 Å². The Morgan fingerprint density at radius 2 is 1.70 bits per heavy atom. The van der Waals surface area contributed by atoms with Gasteiger partial charge in [0.15, 0.2) is 0 Å². The number of hydrogen-bond donors (Lipinski definition) is 2. The van der Waals surface area contributed by atoms with Gasteiger partial charge in [-0.25, -0.2) is 4.79 Å². The molecule has 0 aliphatic rings. The number of carboxylic acid groups (broad SMARTS) is 1. The van der Waals surface area contributed by atoms with Gasteiger partial charge in [0.1, 0.15) is 11.8 Å². The van der Waals surface area contributed by atoms with Gasteiger partial charge < -0.3 is 15.1 Å². The van der Waals surface area contributed by atoms with Crippen molar-refractivity contribution in [3.05, 3.63) is 29.8 Å². The molecular weight excluding hydrogens is 294 g/mol. The van der Waals surface area contributed by atoms with Gasteiger partial charge in [0, 0.05) is 19.9 Å². The number of hydrogen-bond acceptors (Lipinski definition) is 3. The molecule has 1 aromatic carbocycles. The lowest BCUT2D eigenvalue weighted by Crippen LogP contribution is -2.43. The lowest BCUT2D eigenvalue weighted by Gasteiger charge is -2.25. The number of unbranched alkanes of at least 4 members (excludes halogenated alkanes) is 4. The van der Waals surface area contributed by atoms with Gasteiger partial charge in [-0.15, -0.1) is 0 Å². The smallest absolute Gasteiger partial charge is 0.326 e. The highest BCUT2D eigenvalue weighted by atomic mass is 16.4. The highest BCUT2D eigenvalue weighted by Crippen LogP contribution is 2.15. The number of aromatic hydroxyl groups is 1. The number of phenols is 1. The minimum atomic E-state index is -1.01. The van der Waals surface area contributed by atoms with Crippen molar-refractivity contribution in [3.63, 3.8) is 0 Å². The summed E-state index contributed by atoms with van der Waals surface area (Å²) >= 11 is 0. The average Bonchev–Trinajstić information content (AvgIpc) is 2.53. The number of likely N-dealkylation sites (N-methyl/N-ethyl adjacent to an activating group) is 1. The summed E-state index contributed by atoms with van der Waals surface area (Å²) in [5.74, 6) is -1.01. The number of phenolic OH excluding ortho intramolecular Hbond substituents is 1. The summed E-state index contributed by atoms with van der Waals surface area (Å²) in [7, 11) is 1.55. The molecule has 0 radical (unpaired) electrons. The highest BCUT2D eigenvalue weighted by molar-refractivity contribution is 5.83. The van der Waals surface area contributed by atoms with E-state index in [4.69, 9.17) is 0 Å². The number of rotatable bonds is 10. The zero-order chi connectivity index (χ0) is 17.2. The molecule has 0 fully saturated rings. The van der Waals surface area contributed by atoms with Crippen LogP contribution in [0.2, 0.25) is 0 Å². The second-order valence-electron chi connectivity index (χ2n) is 5.89. The van der Waals surface area contributed by atoms with Crippen LogP contribution in [-0.2, 0) is 16.0 Å². The van der Waals surface area contributed by atoms with Crippen LogP contribution in [0.4, 0.5) is 0 Å². The van der Waals surface area contributed by atoms with Gasteiger partial charge in [-0.2, -0.15) is 0 Å². The third kappa shape index (κ3) is 6.72. The summed E-state index contributed by atoms with van der Waals surface area (Å²) in [5, 5.41) is 18.7. The number of carboxylic acids is 1. The van der Waals surface area contributed by atoms with E-state index in [2.05, 4.69) is 6.92 Å². The van der Waals surface area contributed by atoms with Crippen LogP contribution in [0.3, 0.4) is 0 Å². The Labute approximate surface area is 137 Å². The maximum atomic E-state index is 12.2. The van der Waals surface area contributed by atoms with Crippen LogP contribution in [0.15, 0.2) is 24.3 Å². The molecule has 5 nitrogen and oxygen atoms in total. The van der Waals surface area contributed by atoms with E-state index in [0.717, 1.165) is 31.2 Å². The molecule has 0 unspecified atom stereocenters. The van der Waals surface area contributed by atoms with E-state index in [1.807, 2.05) is 0 Å². The van der Waals surface area contributed by atoms with Crippen LogP contribution in [0, 0.1) is 0 Å². The molecule has 0 aliphatic carbocycles. The van der Waals surface area contributed by atoms with E-state index >= 15 is 0 Å². The molecule has 1 rings (SSSR count). The predicted molar refractivity (Wildman–Crippen MR) is 89.4 cm³/mol. The number of benzene rings is 1. The fourth-order valence-corrected chi connectivity index (χ4v) is 2.48. The Morgan fingerprint density at radius 1 is 1.09 bits per heavy atom. The SMILES string of the molecule is CCCCCCCC(=O)N(C)[C@@H](Cc1ccc(O)cc1)C(=O)O. The second-order valence-corrected chi connectivity index (χ2v) is 5.89. The van der Waals surface area contributed by atoms with Gasteiger partial charge >= 0.3 is 5.97 Å². The van der Waals surface area contributed by atoms with E-state index < -0.39 is 12.0 Å². The van der Waals surface area contributed by atoms with Crippen LogP contribution >= 0.6 is 0 Å². The molecule has 0 bridgehead atoms. The molecule has 0 heterocycles. The summed E-state index contributed by atoms with van der Waals surface area (Å²) in [5.41, 5.74) is 0.776. The van der Waals surface area contributed by atoms with Crippen molar-refractivity contribution in [2.75, 3.05) is 7.05 Å². The molecule has 0 spiro atoms. The first kappa shape index (κ1) is 19.0. The first-order valence-corrected chi connectivity index (χ1v) is 8.22. The molecule has 0 aliphatic heterocycles. The third-order valence-corrected chi connectivity index (χ3v) is 4.01. The minimum absolute atomic E-state index is 0.132. The number of carbonyl (C=O) groups excluding carboxylic acids is 1. The molecule has 0 aromatic heterocycles. The van der Waals surface area contributed by atoms with Gasteiger partial charge in [0.05, 0.1) is 0 Å². The van der Waals surface area contributed by atoms with Gasteiger partial charge in [-0.05, 0) is 24.1 Å². The van der Waals surface area contributed by atoms with Crippen LogP contribution in [0.25, 0.3) is 0 Å². The topological polar surface area (TPSA) is 77.8 Å². The molecule has 2 N–H and O–H groups in total. The number of aliphatic carboxylic acids is 1. The summed E-state index contributed by atoms with van der Waals surface area (Å²) < 4.78 is 0. The van der Waals surface area contributed by atoms with Crippen LogP contribution in [0.5, 0.6) is 5.75 Å². The standard InChI is InChI=1S/C18H27NO4/c1-3-4-5-6-7-8-17(21)19(2)16(18(22)23)13-14-9-11-15(20)12-10-14/h9-12,16,20H,3-8,13H2,1-2H3,(H,22,23)/t16-/m0/s1. The number of carbonyl (C=O) groups is 2. The van der Waals surface area contributed by atoms with Crippen molar-refractivity contribution in [2.24, 2.45) is 0 Å². The van der Waals surface area contributed by atoms with Crippen LogP contribution in [0.1, 0.15) is 51.0 Å². The lowest BCUT2D eigenvalue weighted by atomic mass is 10.0. The zero-order valence-electron chi connectivity index (χ0n) is 14.0. The summed E-state index contributed by atoms with van der Waals surface area (Å²) in [6.07, 6.45) is 5.86. The Kier molecular flexibility index (Phi) is 8.16. The molecule has 1 amide bonds. The Hall–Kier alpha value is -2.04. The molecule has 0 saturated heterocycles. The first-order chi connectivity index (χ1) is 11.0. The fraction of sp³-hybridized carbons (Fsp3) is 0.556. The summed E-state index contributed by atoms with van der Waals surface area (Å²) in [4.78, 5) is 25.0. The van der Waals surface area contributed by atoms with E-state index in [1.165, 1.54) is 23.5 Å². The van der Waals surface area contributed by atoms with Crippen molar-refractivity contribution in [1.29, 1.82) is 0 Å². The Bertz CT molecular complexity index is 498. The van der Waals surface area contributed by atoms with Gasteiger partial charge in [0.2, 0.25) is 5.91 Å². The second kappa shape index (κ2) is 9.87. The van der Waals surface area contributed by atoms with E-state index in [-0.39, 0.29) is 18.1 Å². The normalized spacial score (nSPS) is 11.9. The quantitative estimate of drug-likeness (QED) is 0.649. The molecule has 0 saturated carbocycles. The lowest BCUT2D eigenvalue weighted by molar-refractivity contribution is -0.149. The molecular formula is C18H27NO4.